The van der Waals surface area contributed by atoms with Crippen molar-refractivity contribution in [1.82, 2.24) is 10.6 Å². The summed E-state index contributed by atoms with van der Waals surface area (Å²) in [5, 5.41) is 15.0. The van der Waals surface area contributed by atoms with E-state index in [1.54, 1.807) is 13.8 Å². The number of thioether (sulfide) groups is 1. The van der Waals surface area contributed by atoms with Crippen molar-refractivity contribution >= 4 is 23.8 Å². The van der Waals surface area contributed by atoms with Gasteiger partial charge < -0.3 is 15.7 Å². The Labute approximate surface area is 118 Å². The van der Waals surface area contributed by atoms with Gasteiger partial charge >= 0.3 is 12.0 Å². The van der Waals surface area contributed by atoms with Crippen LogP contribution in [-0.2, 0) is 4.79 Å². The minimum atomic E-state index is -0.911. The van der Waals surface area contributed by atoms with Crippen LogP contribution < -0.4 is 10.6 Å². The van der Waals surface area contributed by atoms with Crippen LogP contribution in [-0.4, -0.2) is 39.7 Å². The predicted octanol–water partition coefficient (Wildman–Crippen LogP) is 2.21. The van der Waals surface area contributed by atoms with Crippen molar-refractivity contribution in [1.29, 1.82) is 0 Å². The second-order valence-electron chi connectivity index (χ2n) is 5.58. The monoisotopic (exact) mass is 288 g/mol. The van der Waals surface area contributed by atoms with Crippen LogP contribution in [0.4, 0.5) is 4.79 Å². The van der Waals surface area contributed by atoms with E-state index in [2.05, 4.69) is 17.6 Å². The van der Waals surface area contributed by atoms with Crippen molar-refractivity contribution < 1.29 is 14.7 Å². The number of urea groups is 1. The molecular formula is C13H24N2O3S. The number of amides is 2. The van der Waals surface area contributed by atoms with Gasteiger partial charge in [-0.3, -0.25) is 4.79 Å². The Morgan fingerprint density at radius 1 is 1.37 bits per heavy atom. The molecule has 2 unspecified atom stereocenters. The van der Waals surface area contributed by atoms with E-state index in [1.807, 2.05) is 11.8 Å². The molecule has 110 valence electrons. The maximum atomic E-state index is 11.9. The topological polar surface area (TPSA) is 78.4 Å². The average molecular weight is 288 g/mol. The molecule has 0 saturated heterocycles. The van der Waals surface area contributed by atoms with E-state index in [1.165, 1.54) is 0 Å². The minimum absolute atomic E-state index is 0.0851. The first-order valence-electron chi connectivity index (χ1n) is 6.76. The van der Waals surface area contributed by atoms with Gasteiger partial charge in [-0.25, -0.2) is 4.79 Å². The van der Waals surface area contributed by atoms with Crippen LogP contribution in [0.1, 0.15) is 46.5 Å². The van der Waals surface area contributed by atoms with Crippen LogP contribution in [0.5, 0.6) is 0 Å². The van der Waals surface area contributed by atoms with Gasteiger partial charge in [0.05, 0.1) is 6.42 Å². The predicted molar refractivity (Wildman–Crippen MR) is 77.6 cm³/mol. The third kappa shape index (κ3) is 5.72. The molecule has 3 N–H and O–H groups in total. The molecule has 1 rings (SSSR count). The number of carboxylic acid groups (broad SMARTS) is 1. The second kappa shape index (κ2) is 7.03. The van der Waals surface area contributed by atoms with Gasteiger partial charge in [-0.2, -0.15) is 11.8 Å². The zero-order chi connectivity index (χ0) is 14.5. The molecule has 19 heavy (non-hydrogen) atoms. The van der Waals surface area contributed by atoms with Crippen LogP contribution in [0.3, 0.4) is 0 Å². The Balaban J connectivity index is 2.44. The molecule has 1 aliphatic carbocycles. The molecule has 2 atom stereocenters. The van der Waals surface area contributed by atoms with Gasteiger partial charge in [0.25, 0.3) is 0 Å². The number of hydrogen-bond acceptors (Lipinski definition) is 3. The van der Waals surface area contributed by atoms with E-state index in [0.29, 0.717) is 5.25 Å². The molecule has 0 aromatic carbocycles. The van der Waals surface area contributed by atoms with E-state index in [4.69, 9.17) is 5.11 Å². The lowest BCUT2D eigenvalue weighted by molar-refractivity contribution is -0.138. The van der Waals surface area contributed by atoms with Crippen molar-refractivity contribution in [2.24, 2.45) is 0 Å². The van der Waals surface area contributed by atoms with Crippen molar-refractivity contribution in [3.05, 3.63) is 0 Å². The number of nitrogens with one attached hydrogen (secondary N) is 2. The zero-order valence-corrected chi connectivity index (χ0v) is 12.7. The van der Waals surface area contributed by atoms with Crippen molar-refractivity contribution in [3.8, 4) is 0 Å². The van der Waals surface area contributed by atoms with Crippen molar-refractivity contribution in [3.63, 3.8) is 0 Å². The molecule has 2 amide bonds. The third-order valence-corrected chi connectivity index (χ3v) is 4.52. The summed E-state index contributed by atoms with van der Waals surface area (Å²) in [4.78, 5) is 22.6. The number of rotatable bonds is 6. The molecule has 0 heterocycles. The van der Waals surface area contributed by atoms with Crippen LogP contribution in [0.25, 0.3) is 0 Å². The van der Waals surface area contributed by atoms with Crippen molar-refractivity contribution in [2.75, 3.05) is 5.75 Å². The highest BCUT2D eigenvalue weighted by Crippen LogP contribution is 2.29. The smallest absolute Gasteiger partial charge is 0.315 e. The molecule has 1 saturated carbocycles. The third-order valence-electron chi connectivity index (χ3n) is 3.19. The van der Waals surface area contributed by atoms with Crippen LogP contribution >= 0.6 is 11.8 Å². The molecule has 0 aromatic heterocycles. The maximum absolute atomic E-state index is 11.9. The second-order valence-corrected chi connectivity index (χ2v) is 7.10. The standard InChI is InChI=1S/C13H24N2O3S/c1-4-19-10-7-5-6-9(10)14-12(18)15-13(2,3)8-11(16)17/h9-10H,4-8H2,1-3H3,(H,16,17)(H2,14,15,18). The molecule has 0 spiro atoms. The lowest BCUT2D eigenvalue weighted by atomic mass is 10.0. The summed E-state index contributed by atoms with van der Waals surface area (Å²) in [6, 6.07) is -0.0644. The molecule has 5 nitrogen and oxygen atoms in total. The average Bonchev–Trinajstić information content (AvgIpc) is 2.62. The highest BCUT2D eigenvalue weighted by atomic mass is 32.2. The van der Waals surface area contributed by atoms with E-state index >= 15 is 0 Å². The van der Waals surface area contributed by atoms with E-state index in [0.717, 1.165) is 25.0 Å². The Morgan fingerprint density at radius 2 is 2.05 bits per heavy atom. The van der Waals surface area contributed by atoms with Gasteiger partial charge in [0, 0.05) is 16.8 Å². The van der Waals surface area contributed by atoms with Gasteiger partial charge in [-0.1, -0.05) is 13.3 Å². The molecule has 0 bridgehead atoms. The summed E-state index contributed by atoms with van der Waals surface area (Å²) in [7, 11) is 0. The molecule has 0 aromatic rings. The summed E-state index contributed by atoms with van der Waals surface area (Å²) >= 11 is 1.88. The summed E-state index contributed by atoms with van der Waals surface area (Å²) in [6.07, 6.45) is 3.20. The van der Waals surface area contributed by atoms with Crippen LogP contribution in [0.2, 0.25) is 0 Å². The van der Waals surface area contributed by atoms with Gasteiger partial charge in [-0.05, 0) is 32.4 Å². The Bertz CT molecular complexity index is 334. The molecule has 0 radical (unpaired) electrons. The summed E-state index contributed by atoms with van der Waals surface area (Å²) < 4.78 is 0. The van der Waals surface area contributed by atoms with Crippen LogP contribution in [0, 0.1) is 0 Å². The fraction of sp³-hybridized carbons (Fsp3) is 0.846. The molecule has 1 aliphatic rings. The summed E-state index contributed by atoms with van der Waals surface area (Å²) in [5.74, 6) is 0.139. The first-order valence-corrected chi connectivity index (χ1v) is 7.81. The number of carbonyl (C=O) groups is 2. The maximum Gasteiger partial charge on any atom is 0.315 e. The lowest BCUT2D eigenvalue weighted by Gasteiger charge is -2.27. The SMILES string of the molecule is CCSC1CCCC1NC(=O)NC(C)(C)CC(=O)O. The first kappa shape index (κ1) is 16.1. The van der Waals surface area contributed by atoms with Gasteiger partial charge in [-0.15, -0.1) is 0 Å². The normalized spacial score (nSPS) is 23.1. The minimum Gasteiger partial charge on any atom is -0.481 e. The lowest BCUT2D eigenvalue weighted by Crippen LogP contribution is -2.52. The molecule has 1 fully saturated rings. The Kier molecular flexibility index (Phi) is 5.97. The molecule has 0 aliphatic heterocycles. The zero-order valence-electron chi connectivity index (χ0n) is 11.9. The Hall–Kier alpha value is -0.910. The summed E-state index contributed by atoms with van der Waals surface area (Å²) in [5.41, 5.74) is -0.734. The van der Waals surface area contributed by atoms with E-state index < -0.39 is 11.5 Å². The van der Waals surface area contributed by atoms with Crippen molar-refractivity contribution in [2.45, 2.75) is 63.3 Å². The number of carbonyl (C=O) groups excluding carboxylic acids is 1. The number of aliphatic carboxylic acids is 1. The first-order chi connectivity index (χ1) is 8.84. The molecule has 6 heteroatoms. The fourth-order valence-electron chi connectivity index (χ4n) is 2.44. The summed E-state index contributed by atoms with van der Waals surface area (Å²) in [6.45, 7) is 5.55. The quantitative estimate of drug-likeness (QED) is 0.700. The van der Waals surface area contributed by atoms with E-state index in [9.17, 15) is 9.59 Å². The number of carboxylic acids is 1. The highest BCUT2D eigenvalue weighted by Gasteiger charge is 2.30. The van der Waals surface area contributed by atoms with Gasteiger partial charge in [0.15, 0.2) is 0 Å². The fourth-order valence-corrected chi connectivity index (χ4v) is 3.64. The van der Waals surface area contributed by atoms with E-state index in [-0.39, 0.29) is 18.5 Å². The largest absolute Gasteiger partial charge is 0.481 e. The van der Waals surface area contributed by atoms with Gasteiger partial charge in [0.2, 0.25) is 0 Å². The van der Waals surface area contributed by atoms with Crippen LogP contribution in [0.15, 0.2) is 0 Å². The highest BCUT2D eigenvalue weighted by molar-refractivity contribution is 7.99. The number of hydrogen-bond donors (Lipinski definition) is 3. The Morgan fingerprint density at radius 3 is 2.63 bits per heavy atom. The van der Waals surface area contributed by atoms with Gasteiger partial charge in [0.1, 0.15) is 0 Å². The molecular weight excluding hydrogens is 264 g/mol.